The SMILES string of the molecule is Oc1cc(Cl)cc2c1N=C(Nc1ccc3occc3c1)NS2. The summed E-state index contributed by atoms with van der Waals surface area (Å²) in [4.78, 5) is 5.17. The molecule has 0 saturated carbocycles. The molecular formula is C15H10ClN3O2S. The van der Waals surface area contributed by atoms with Crippen LogP contribution in [0.1, 0.15) is 0 Å². The highest BCUT2D eigenvalue weighted by atomic mass is 35.5. The lowest BCUT2D eigenvalue weighted by Gasteiger charge is -2.18. The number of aliphatic imine (C=N–C) groups is 1. The van der Waals surface area contributed by atoms with Gasteiger partial charge < -0.3 is 14.8 Å². The van der Waals surface area contributed by atoms with Crippen LogP contribution >= 0.6 is 23.5 Å². The van der Waals surface area contributed by atoms with Crippen LogP contribution in [-0.4, -0.2) is 11.1 Å². The van der Waals surface area contributed by atoms with E-state index >= 15 is 0 Å². The van der Waals surface area contributed by atoms with Gasteiger partial charge in [-0.1, -0.05) is 11.6 Å². The third-order valence-electron chi connectivity index (χ3n) is 3.22. The van der Waals surface area contributed by atoms with Gasteiger partial charge in [0.1, 0.15) is 17.0 Å². The van der Waals surface area contributed by atoms with E-state index < -0.39 is 0 Å². The number of nitrogens with zero attached hydrogens (tertiary/aromatic N) is 1. The Morgan fingerprint density at radius 3 is 3.05 bits per heavy atom. The van der Waals surface area contributed by atoms with Crippen molar-refractivity contribution in [3.63, 3.8) is 0 Å². The first-order valence-electron chi connectivity index (χ1n) is 6.47. The molecule has 1 aliphatic heterocycles. The zero-order valence-corrected chi connectivity index (χ0v) is 12.7. The molecule has 7 heteroatoms. The van der Waals surface area contributed by atoms with E-state index in [9.17, 15) is 5.11 Å². The van der Waals surface area contributed by atoms with Crippen molar-refractivity contribution in [1.82, 2.24) is 4.72 Å². The van der Waals surface area contributed by atoms with Gasteiger partial charge in [-0.3, -0.25) is 4.72 Å². The van der Waals surface area contributed by atoms with Gasteiger partial charge in [-0.05, 0) is 42.3 Å². The van der Waals surface area contributed by atoms with Gasteiger partial charge >= 0.3 is 0 Å². The molecule has 0 radical (unpaired) electrons. The lowest BCUT2D eigenvalue weighted by molar-refractivity contribution is 0.475. The molecule has 0 unspecified atom stereocenters. The number of phenols is 1. The molecule has 4 rings (SSSR count). The van der Waals surface area contributed by atoms with Crippen LogP contribution in [0.25, 0.3) is 11.0 Å². The lowest BCUT2D eigenvalue weighted by Crippen LogP contribution is -2.26. The Balaban J connectivity index is 1.67. The molecule has 3 aromatic rings. The largest absolute Gasteiger partial charge is 0.506 e. The molecule has 0 atom stereocenters. The molecule has 0 fully saturated rings. The topological polar surface area (TPSA) is 69.8 Å². The first-order valence-corrected chi connectivity index (χ1v) is 7.67. The standard InChI is InChI=1S/C15H10ClN3O2S/c16-9-6-11(20)14-13(7-9)22-19-15(18-14)17-10-1-2-12-8(5-10)3-4-21-12/h1-7,20H,(H2,17,18,19). The van der Waals surface area contributed by atoms with Crippen molar-refractivity contribution in [3.05, 3.63) is 47.7 Å². The molecule has 1 aliphatic rings. The van der Waals surface area contributed by atoms with E-state index in [-0.39, 0.29) is 5.75 Å². The maximum Gasteiger partial charge on any atom is 0.211 e. The quantitative estimate of drug-likeness (QED) is 0.573. The summed E-state index contributed by atoms with van der Waals surface area (Å²) < 4.78 is 8.40. The summed E-state index contributed by atoms with van der Waals surface area (Å²) in [7, 11) is 0. The monoisotopic (exact) mass is 331 g/mol. The van der Waals surface area contributed by atoms with Crippen molar-refractivity contribution < 1.29 is 9.52 Å². The Morgan fingerprint density at radius 2 is 2.14 bits per heavy atom. The first kappa shape index (κ1) is 13.4. The molecule has 1 aromatic heterocycles. The summed E-state index contributed by atoms with van der Waals surface area (Å²) in [5.74, 6) is 0.596. The maximum atomic E-state index is 9.96. The van der Waals surface area contributed by atoms with Crippen LogP contribution in [0.2, 0.25) is 5.02 Å². The number of fused-ring (bicyclic) bond motifs is 2. The molecule has 0 spiro atoms. The van der Waals surface area contributed by atoms with Gasteiger partial charge in [-0.25, -0.2) is 4.99 Å². The molecule has 22 heavy (non-hydrogen) atoms. The van der Waals surface area contributed by atoms with E-state index in [1.165, 1.54) is 18.0 Å². The van der Waals surface area contributed by atoms with Crippen molar-refractivity contribution in [2.24, 2.45) is 4.99 Å². The number of anilines is 1. The smallest absolute Gasteiger partial charge is 0.211 e. The van der Waals surface area contributed by atoms with Crippen molar-refractivity contribution >= 4 is 51.9 Å². The van der Waals surface area contributed by atoms with Crippen molar-refractivity contribution in [2.75, 3.05) is 5.32 Å². The molecule has 0 aliphatic carbocycles. The Labute approximate surface area is 135 Å². The first-order chi connectivity index (χ1) is 10.7. The number of guanidine groups is 1. The number of aromatic hydroxyl groups is 1. The Morgan fingerprint density at radius 1 is 1.23 bits per heavy atom. The lowest BCUT2D eigenvalue weighted by atomic mass is 10.2. The molecule has 0 saturated heterocycles. The predicted octanol–water partition coefficient (Wildman–Crippen LogP) is 4.50. The molecule has 110 valence electrons. The molecule has 2 aromatic carbocycles. The average molecular weight is 332 g/mol. The fourth-order valence-corrected chi connectivity index (χ4v) is 3.24. The fourth-order valence-electron chi connectivity index (χ4n) is 2.22. The minimum absolute atomic E-state index is 0.0566. The van der Waals surface area contributed by atoms with Gasteiger partial charge in [0.15, 0.2) is 0 Å². The average Bonchev–Trinajstić information content (AvgIpc) is 2.95. The third kappa shape index (κ3) is 2.36. The molecule has 2 heterocycles. The second kappa shape index (κ2) is 5.15. The summed E-state index contributed by atoms with van der Waals surface area (Å²) in [5.41, 5.74) is 2.20. The number of benzene rings is 2. The van der Waals surface area contributed by atoms with E-state index in [1.807, 2.05) is 24.3 Å². The number of halogens is 1. The molecule has 0 amide bonds. The second-order valence-corrected chi connectivity index (χ2v) is 6.02. The Bertz CT molecular complexity index is 907. The minimum atomic E-state index is 0.0566. The van der Waals surface area contributed by atoms with Gasteiger partial charge in [0.25, 0.3) is 0 Å². The van der Waals surface area contributed by atoms with Crippen LogP contribution in [0.5, 0.6) is 5.75 Å². The van der Waals surface area contributed by atoms with E-state index in [1.54, 1.807) is 12.3 Å². The highest BCUT2D eigenvalue weighted by Crippen LogP contribution is 2.41. The normalized spacial score (nSPS) is 13.4. The zero-order valence-electron chi connectivity index (χ0n) is 11.1. The van der Waals surface area contributed by atoms with Crippen LogP contribution < -0.4 is 10.0 Å². The van der Waals surface area contributed by atoms with Crippen molar-refractivity contribution in [1.29, 1.82) is 0 Å². The highest BCUT2D eigenvalue weighted by molar-refractivity contribution is 7.98. The predicted molar refractivity (Wildman–Crippen MR) is 89.0 cm³/mol. The van der Waals surface area contributed by atoms with Gasteiger partial charge in [0.2, 0.25) is 5.96 Å². The Hall–Kier alpha value is -2.31. The van der Waals surface area contributed by atoms with Crippen molar-refractivity contribution in [3.8, 4) is 5.75 Å². The van der Waals surface area contributed by atoms with Crippen LogP contribution in [-0.2, 0) is 0 Å². The molecule has 5 nitrogen and oxygen atoms in total. The number of nitrogens with one attached hydrogen (secondary N) is 2. The fraction of sp³-hybridized carbons (Fsp3) is 0. The summed E-state index contributed by atoms with van der Waals surface area (Å²) in [6.45, 7) is 0. The summed E-state index contributed by atoms with van der Waals surface area (Å²) in [6, 6.07) is 10.9. The number of furan rings is 1. The van der Waals surface area contributed by atoms with Crippen LogP contribution in [0.15, 0.2) is 57.0 Å². The van der Waals surface area contributed by atoms with Crippen LogP contribution in [0, 0.1) is 0 Å². The zero-order chi connectivity index (χ0) is 15.1. The third-order valence-corrected chi connectivity index (χ3v) is 4.26. The highest BCUT2D eigenvalue weighted by Gasteiger charge is 2.17. The van der Waals surface area contributed by atoms with E-state index in [0.29, 0.717) is 16.7 Å². The summed E-state index contributed by atoms with van der Waals surface area (Å²) >= 11 is 7.26. The molecular weight excluding hydrogens is 322 g/mol. The summed E-state index contributed by atoms with van der Waals surface area (Å²) in [6.07, 6.45) is 1.65. The number of hydrogen-bond acceptors (Lipinski definition) is 6. The number of hydrogen-bond donors (Lipinski definition) is 3. The Kier molecular flexibility index (Phi) is 3.13. The van der Waals surface area contributed by atoms with Crippen LogP contribution in [0.4, 0.5) is 11.4 Å². The molecule has 0 bridgehead atoms. The summed E-state index contributed by atoms with van der Waals surface area (Å²) in [5, 5.41) is 14.6. The maximum absolute atomic E-state index is 9.96. The van der Waals surface area contributed by atoms with Gasteiger partial charge in [-0.15, -0.1) is 0 Å². The number of rotatable bonds is 1. The van der Waals surface area contributed by atoms with E-state index in [2.05, 4.69) is 15.0 Å². The van der Waals surface area contributed by atoms with E-state index in [0.717, 1.165) is 21.6 Å². The van der Waals surface area contributed by atoms with Gasteiger partial charge in [0.05, 0.1) is 11.2 Å². The van der Waals surface area contributed by atoms with Crippen LogP contribution in [0.3, 0.4) is 0 Å². The molecule has 3 N–H and O–H groups in total. The minimum Gasteiger partial charge on any atom is -0.506 e. The van der Waals surface area contributed by atoms with Crippen molar-refractivity contribution in [2.45, 2.75) is 4.90 Å². The number of phenolic OH excluding ortho intramolecular Hbond substituents is 1. The van der Waals surface area contributed by atoms with Gasteiger partial charge in [0, 0.05) is 22.2 Å². The second-order valence-electron chi connectivity index (χ2n) is 4.73. The van der Waals surface area contributed by atoms with E-state index in [4.69, 9.17) is 16.0 Å². The van der Waals surface area contributed by atoms with Gasteiger partial charge in [-0.2, -0.15) is 0 Å².